The molecule has 1 fully saturated rings. The van der Waals surface area contributed by atoms with Crippen LogP contribution in [0.15, 0.2) is 28.2 Å². The van der Waals surface area contributed by atoms with Crippen molar-refractivity contribution in [3.8, 4) is 0 Å². The molecule has 0 atom stereocenters. The van der Waals surface area contributed by atoms with Crippen LogP contribution in [0.5, 0.6) is 0 Å². The van der Waals surface area contributed by atoms with Gasteiger partial charge in [0.2, 0.25) is 15.5 Å². The average Bonchev–Trinajstić information content (AvgIpc) is 2.75. The van der Waals surface area contributed by atoms with Crippen LogP contribution in [0.2, 0.25) is 0 Å². The van der Waals surface area contributed by atoms with Gasteiger partial charge >= 0.3 is 0 Å². The largest absolute Gasteiger partial charge is 0.366 e. The van der Waals surface area contributed by atoms with Crippen LogP contribution in [0.4, 0.5) is 0 Å². The Morgan fingerprint density at radius 1 is 1.39 bits per heavy atom. The predicted molar refractivity (Wildman–Crippen MR) is 68.8 cm³/mol. The van der Waals surface area contributed by atoms with E-state index in [0.29, 0.717) is 6.54 Å². The predicted octanol–water partition coefficient (Wildman–Crippen LogP) is 1.23. The molecule has 0 aliphatic heterocycles. The second-order valence-electron chi connectivity index (χ2n) is 5.22. The van der Waals surface area contributed by atoms with Gasteiger partial charge in [0.1, 0.15) is 4.90 Å². The highest BCUT2D eigenvalue weighted by atomic mass is 32.2. The van der Waals surface area contributed by atoms with Crippen LogP contribution in [0.25, 0.3) is 0 Å². The average molecular weight is 270 g/mol. The Labute approximate surface area is 107 Å². The molecule has 1 aromatic heterocycles. The molecule has 0 radical (unpaired) electrons. The zero-order valence-corrected chi connectivity index (χ0v) is 11.2. The van der Waals surface area contributed by atoms with Gasteiger partial charge in [0.05, 0.1) is 0 Å². The highest BCUT2D eigenvalue weighted by molar-refractivity contribution is 7.89. The summed E-state index contributed by atoms with van der Waals surface area (Å²) in [5.41, 5.74) is -0.466. The Kier molecular flexibility index (Phi) is 3.59. The highest BCUT2D eigenvalue weighted by Crippen LogP contribution is 2.36. The van der Waals surface area contributed by atoms with E-state index in [0.717, 1.165) is 25.7 Å². The van der Waals surface area contributed by atoms with E-state index in [1.807, 2.05) is 0 Å². The Morgan fingerprint density at radius 3 is 2.67 bits per heavy atom. The number of rotatable bonds is 4. The Bertz CT molecular complexity index is 571. The van der Waals surface area contributed by atoms with Crippen molar-refractivity contribution in [2.75, 3.05) is 6.54 Å². The van der Waals surface area contributed by atoms with Crippen molar-refractivity contribution in [2.24, 2.45) is 5.41 Å². The fraction of sp³-hybridized carbons (Fsp3) is 0.583. The Balaban J connectivity index is 2.13. The van der Waals surface area contributed by atoms with E-state index in [2.05, 4.69) is 16.6 Å². The molecule has 0 unspecified atom stereocenters. The number of H-pyrrole nitrogens is 1. The molecular weight excluding hydrogens is 252 g/mol. The van der Waals surface area contributed by atoms with Gasteiger partial charge in [-0.3, -0.25) is 4.79 Å². The molecule has 0 amide bonds. The third kappa shape index (κ3) is 2.81. The fourth-order valence-corrected chi connectivity index (χ4v) is 3.61. The van der Waals surface area contributed by atoms with Gasteiger partial charge < -0.3 is 4.98 Å². The van der Waals surface area contributed by atoms with E-state index in [4.69, 9.17) is 0 Å². The first-order valence-corrected chi connectivity index (χ1v) is 7.58. The van der Waals surface area contributed by atoms with E-state index in [-0.39, 0.29) is 10.3 Å². The van der Waals surface area contributed by atoms with Gasteiger partial charge in [-0.15, -0.1) is 0 Å². The molecule has 0 aromatic carbocycles. The van der Waals surface area contributed by atoms with Crippen LogP contribution in [0.3, 0.4) is 0 Å². The number of hydrogen-bond acceptors (Lipinski definition) is 3. The maximum absolute atomic E-state index is 12.0. The minimum atomic E-state index is -3.71. The highest BCUT2D eigenvalue weighted by Gasteiger charge is 2.30. The molecule has 0 saturated heterocycles. The molecule has 2 rings (SSSR count). The van der Waals surface area contributed by atoms with Crippen LogP contribution >= 0.6 is 0 Å². The molecule has 1 heterocycles. The summed E-state index contributed by atoms with van der Waals surface area (Å²) < 4.78 is 26.6. The number of nitrogens with one attached hydrogen (secondary N) is 2. The summed E-state index contributed by atoms with van der Waals surface area (Å²) in [6, 6.07) is 1.21. The van der Waals surface area contributed by atoms with Crippen LogP contribution in [-0.4, -0.2) is 19.9 Å². The van der Waals surface area contributed by atoms with Gasteiger partial charge in [0, 0.05) is 25.0 Å². The van der Waals surface area contributed by atoms with Gasteiger partial charge in [-0.25, -0.2) is 13.1 Å². The zero-order chi connectivity index (χ0) is 13.2. The van der Waals surface area contributed by atoms with E-state index < -0.39 is 15.5 Å². The molecule has 18 heavy (non-hydrogen) atoms. The van der Waals surface area contributed by atoms with E-state index in [1.165, 1.54) is 18.5 Å². The summed E-state index contributed by atoms with van der Waals surface area (Å²) in [4.78, 5) is 13.9. The topological polar surface area (TPSA) is 79.0 Å². The van der Waals surface area contributed by atoms with Crippen molar-refractivity contribution in [2.45, 2.75) is 37.5 Å². The summed E-state index contributed by atoms with van der Waals surface area (Å²) in [6.07, 6.45) is 6.98. The summed E-state index contributed by atoms with van der Waals surface area (Å²) in [7, 11) is -3.71. The van der Waals surface area contributed by atoms with Crippen LogP contribution in [0, 0.1) is 5.41 Å². The van der Waals surface area contributed by atoms with E-state index >= 15 is 0 Å². The fourth-order valence-electron chi connectivity index (χ4n) is 2.36. The maximum Gasteiger partial charge on any atom is 0.245 e. The van der Waals surface area contributed by atoms with Crippen molar-refractivity contribution < 1.29 is 8.42 Å². The van der Waals surface area contributed by atoms with E-state index in [9.17, 15) is 13.2 Å². The summed E-state index contributed by atoms with van der Waals surface area (Å²) in [5.74, 6) is 0. The van der Waals surface area contributed by atoms with Crippen LogP contribution < -0.4 is 10.2 Å². The molecule has 1 saturated carbocycles. The molecule has 2 N–H and O–H groups in total. The summed E-state index contributed by atoms with van der Waals surface area (Å²) in [6.45, 7) is 2.47. The number of hydrogen-bond donors (Lipinski definition) is 2. The van der Waals surface area contributed by atoms with E-state index in [1.54, 1.807) is 0 Å². The van der Waals surface area contributed by atoms with Crippen molar-refractivity contribution in [1.29, 1.82) is 0 Å². The molecule has 1 aliphatic rings. The molecule has 100 valence electrons. The third-order valence-corrected chi connectivity index (χ3v) is 5.00. The van der Waals surface area contributed by atoms with Gasteiger partial charge in [0.15, 0.2) is 0 Å². The first-order chi connectivity index (χ1) is 8.43. The number of pyridine rings is 1. The monoisotopic (exact) mass is 270 g/mol. The van der Waals surface area contributed by atoms with Gasteiger partial charge in [-0.05, 0) is 18.3 Å². The number of sulfonamides is 1. The lowest BCUT2D eigenvalue weighted by Gasteiger charge is -2.23. The van der Waals surface area contributed by atoms with Crippen LogP contribution in [0.1, 0.15) is 32.6 Å². The van der Waals surface area contributed by atoms with Crippen molar-refractivity contribution in [1.82, 2.24) is 9.71 Å². The van der Waals surface area contributed by atoms with Gasteiger partial charge in [-0.1, -0.05) is 19.8 Å². The molecule has 1 aromatic rings. The molecule has 0 bridgehead atoms. The standard InChI is InChI=1S/C12H18N2O3S/c1-12(5-2-3-6-12)9-14-18(16,17)11-8-13-7-4-10(11)15/h4,7-8,14H,2-3,5-6,9H2,1H3,(H,13,15). The lowest BCUT2D eigenvalue weighted by atomic mass is 9.89. The van der Waals surface area contributed by atoms with Crippen LogP contribution in [-0.2, 0) is 10.0 Å². The smallest absolute Gasteiger partial charge is 0.245 e. The lowest BCUT2D eigenvalue weighted by molar-refractivity contribution is 0.336. The van der Waals surface area contributed by atoms with Crippen molar-refractivity contribution in [3.63, 3.8) is 0 Å². The number of aromatic amines is 1. The quantitative estimate of drug-likeness (QED) is 0.863. The molecule has 0 spiro atoms. The molecule has 1 aliphatic carbocycles. The lowest BCUT2D eigenvalue weighted by Crippen LogP contribution is -2.36. The van der Waals surface area contributed by atoms with Gasteiger partial charge in [0.25, 0.3) is 0 Å². The first-order valence-electron chi connectivity index (χ1n) is 6.10. The molecular formula is C12H18N2O3S. The second kappa shape index (κ2) is 4.85. The van der Waals surface area contributed by atoms with Gasteiger partial charge in [-0.2, -0.15) is 0 Å². The SMILES string of the molecule is CC1(CNS(=O)(=O)c2c[nH]ccc2=O)CCCC1. The first kappa shape index (κ1) is 13.3. The maximum atomic E-state index is 12.0. The normalized spacial score (nSPS) is 18.9. The Hall–Kier alpha value is -1.14. The molecule has 5 nitrogen and oxygen atoms in total. The summed E-state index contributed by atoms with van der Waals surface area (Å²) >= 11 is 0. The summed E-state index contributed by atoms with van der Waals surface area (Å²) in [5, 5.41) is 0. The number of aromatic nitrogens is 1. The minimum absolute atomic E-state index is 0.0224. The Morgan fingerprint density at radius 2 is 2.06 bits per heavy atom. The van der Waals surface area contributed by atoms with Crippen molar-refractivity contribution >= 4 is 10.0 Å². The second-order valence-corrected chi connectivity index (χ2v) is 6.95. The molecule has 6 heteroatoms. The third-order valence-electron chi connectivity index (χ3n) is 3.58. The minimum Gasteiger partial charge on any atom is -0.366 e. The van der Waals surface area contributed by atoms with Crippen molar-refractivity contribution in [3.05, 3.63) is 28.7 Å². The zero-order valence-electron chi connectivity index (χ0n) is 10.4.